The van der Waals surface area contributed by atoms with E-state index in [-0.39, 0.29) is 11.1 Å². The first-order chi connectivity index (χ1) is 12.8. The molecule has 6 nitrogen and oxygen atoms in total. The minimum atomic E-state index is -0.576. The Morgan fingerprint density at radius 2 is 1.96 bits per heavy atom. The third kappa shape index (κ3) is 4.77. The summed E-state index contributed by atoms with van der Waals surface area (Å²) >= 11 is 1.46. The molecule has 3 rings (SSSR count). The van der Waals surface area contributed by atoms with Gasteiger partial charge in [-0.15, -0.1) is 11.3 Å². The van der Waals surface area contributed by atoms with Gasteiger partial charge in [-0.2, -0.15) is 10.1 Å². The lowest BCUT2D eigenvalue weighted by Crippen LogP contribution is -2.24. The number of hydrogen-bond donors (Lipinski definition) is 2. The lowest BCUT2D eigenvalue weighted by atomic mass is 9.87. The van der Waals surface area contributed by atoms with Crippen LogP contribution in [0.1, 0.15) is 42.4 Å². The second-order valence-electron chi connectivity index (χ2n) is 7.03. The fraction of sp³-hybridized carbons (Fsp3) is 0.200. The van der Waals surface area contributed by atoms with E-state index in [0.29, 0.717) is 5.69 Å². The minimum Gasteiger partial charge on any atom is -0.305 e. The standard InChI is InChI=1S/C20H20N4O2S/c1-20(2,3)14-8-6-13(7-9-14)12-21-24-18(25)16-11-15(22-19(26)23-16)17-5-4-10-27-17/h4-12H,1-3H3,(H,24,25)(H,22,23,26)/b21-12+. The van der Waals surface area contributed by atoms with E-state index < -0.39 is 11.6 Å². The molecule has 7 heteroatoms. The number of nitrogens with zero attached hydrogens (tertiary/aromatic N) is 2. The van der Waals surface area contributed by atoms with Crippen LogP contribution in [0.15, 0.2) is 57.7 Å². The summed E-state index contributed by atoms with van der Waals surface area (Å²) in [4.78, 5) is 31.2. The molecule has 0 unspecified atom stereocenters. The molecule has 0 atom stereocenters. The van der Waals surface area contributed by atoms with E-state index in [9.17, 15) is 9.59 Å². The zero-order valence-corrected chi connectivity index (χ0v) is 16.1. The number of aromatic nitrogens is 2. The van der Waals surface area contributed by atoms with Crippen LogP contribution in [0.4, 0.5) is 0 Å². The molecule has 2 N–H and O–H groups in total. The van der Waals surface area contributed by atoms with Gasteiger partial charge >= 0.3 is 5.69 Å². The van der Waals surface area contributed by atoms with Gasteiger partial charge in [0.1, 0.15) is 5.69 Å². The number of hydrazone groups is 1. The monoisotopic (exact) mass is 380 g/mol. The van der Waals surface area contributed by atoms with Gasteiger partial charge < -0.3 is 4.98 Å². The summed E-state index contributed by atoms with van der Waals surface area (Å²) in [7, 11) is 0. The number of carbonyl (C=O) groups is 1. The average Bonchev–Trinajstić information content (AvgIpc) is 3.15. The van der Waals surface area contributed by atoms with Crippen molar-refractivity contribution in [3.05, 3.63) is 75.1 Å². The highest BCUT2D eigenvalue weighted by molar-refractivity contribution is 7.13. The molecule has 0 radical (unpaired) electrons. The highest BCUT2D eigenvalue weighted by Gasteiger charge is 2.13. The maximum Gasteiger partial charge on any atom is 0.346 e. The SMILES string of the molecule is CC(C)(C)c1ccc(/C=N/NC(=O)c2cc(-c3cccs3)[nH]c(=O)n2)cc1. The van der Waals surface area contributed by atoms with Crippen molar-refractivity contribution in [1.82, 2.24) is 15.4 Å². The predicted octanol–water partition coefficient (Wildman–Crippen LogP) is 3.56. The number of thiophene rings is 1. The molecule has 1 amide bonds. The second-order valence-corrected chi connectivity index (χ2v) is 7.98. The fourth-order valence-electron chi connectivity index (χ4n) is 2.43. The van der Waals surface area contributed by atoms with Gasteiger partial charge in [-0.05, 0) is 34.1 Å². The van der Waals surface area contributed by atoms with Gasteiger partial charge in [0.15, 0.2) is 0 Å². The van der Waals surface area contributed by atoms with Crippen LogP contribution < -0.4 is 11.1 Å². The quantitative estimate of drug-likeness (QED) is 0.536. The van der Waals surface area contributed by atoms with Crippen molar-refractivity contribution in [2.45, 2.75) is 26.2 Å². The molecule has 0 aliphatic carbocycles. The molecule has 0 aliphatic heterocycles. The smallest absolute Gasteiger partial charge is 0.305 e. The Morgan fingerprint density at radius 3 is 2.59 bits per heavy atom. The van der Waals surface area contributed by atoms with Crippen LogP contribution in [0.2, 0.25) is 0 Å². The first-order valence-electron chi connectivity index (χ1n) is 8.42. The number of hydrogen-bond acceptors (Lipinski definition) is 5. The molecule has 1 aromatic carbocycles. The molecule has 0 fully saturated rings. The topological polar surface area (TPSA) is 87.2 Å². The second kappa shape index (κ2) is 7.67. The summed E-state index contributed by atoms with van der Waals surface area (Å²) in [5.74, 6) is -0.540. The van der Waals surface area contributed by atoms with E-state index in [1.807, 2.05) is 41.8 Å². The lowest BCUT2D eigenvalue weighted by molar-refractivity contribution is 0.0949. The highest BCUT2D eigenvalue weighted by atomic mass is 32.1. The van der Waals surface area contributed by atoms with Crippen LogP contribution in [-0.2, 0) is 5.41 Å². The lowest BCUT2D eigenvalue weighted by Gasteiger charge is -2.18. The Morgan fingerprint density at radius 1 is 1.22 bits per heavy atom. The van der Waals surface area contributed by atoms with Crippen LogP contribution in [0.3, 0.4) is 0 Å². The van der Waals surface area contributed by atoms with Crippen molar-refractivity contribution >= 4 is 23.5 Å². The maximum atomic E-state index is 12.3. The molecule has 2 heterocycles. The third-order valence-corrected chi connectivity index (χ3v) is 4.82. The van der Waals surface area contributed by atoms with Crippen LogP contribution in [0, 0.1) is 0 Å². The van der Waals surface area contributed by atoms with Gasteiger partial charge in [-0.25, -0.2) is 10.2 Å². The van der Waals surface area contributed by atoms with Crippen LogP contribution in [-0.4, -0.2) is 22.1 Å². The molecule has 27 heavy (non-hydrogen) atoms. The zero-order valence-electron chi connectivity index (χ0n) is 15.3. The molecule has 3 aromatic rings. The van der Waals surface area contributed by atoms with Gasteiger partial charge in [0, 0.05) is 0 Å². The number of aromatic amines is 1. The van der Waals surface area contributed by atoms with Crippen LogP contribution in [0.25, 0.3) is 10.6 Å². The van der Waals surface area contributed by atoms with Gasteiger partial charge in [0.2, 0.25) is 0 Å². The number of carbonyl (C=O) groups excluding carboxylic acids is 1. The van der Waals surface area contributed by atoms with Crippen LogP contribution in [0.5, 0.6) is 0 Å². The van der Waals surface area contributed by atoms with Crippen molar-refractivity contribution in [3.8, 4) is 10.6 Å². The summed E-state index contributed by atoms with van der Waals surface area (Å²) in [5.41, 5.74) is 4.57. The zero-order chi connectivity index (χ0) is 19.4. The number of rotatable bonds is 4. The Labute approximate surface area is 161 Å². The van der Waals surface area contributed by atoms with E-state index in [1.54, 1.807) is 6.21 Å². The first-order valence-corrected chi connectivity index (χ1v) is 9.30. The van der Waals surface area contributed by atoms with E-state index >= 15 is 0 Å². The molecule has 2 aromatic heterocycles. The van der Waals surface area contributed by atoms with Crippen molar-refractivity contribution in [3.63, 3.8) is 0 Å². The fourth-order valence-corrected chi connectivity index (χ4v) is 3.13. The molecular formula is C20H20N4O2S. The number of H-pyrrole nitrogens is 1. The van der Waals surface area contributed by atoms with E-state index in [4.69, 9.17) is 0 Å². The predicted molar refractivity (Wildman–Crippen MR) is 108 cm³/mol. The first kappa shape index (κ1) is 18.7. The van der Waals surface area contributed by atoms with Gasteiger partial charge in [0.25, 0.3) is 5.91 Å². The van der Waals surface area contributed by atoms with Gasteiger partial charge in [-0.1, -0.05) is 51.1 Å². The number of amides is 1. The Bertz CT molecular complexity index is 1010. The Kier molecular flexibility index (Phi) is 5.32. The minimum absolute atomic E-state index is 0.0161. The summed E-state index contributed by atoms with van der Waals surface area (Å²) in [6.45, 7) is 6.44. The maximum absolute atomic E-state index is 12.3. The molecule has 138 valence electrons. The largest absolute Gasteiger partial charge is 0.346 e. The Balaban J connectivity index is 1.71. The molecular weight excluding hydrogens is 360 g/mol. The van der Waals surface area contributed by atoms with Crippen molar-refractivity contribution < 1.29 is 4.79 Å². The van der Waals surface area contributed by atoms with Crippen molar-refractivity contribution in [2.24, 2.45) is 5.10 Å². The summed E-state index contributed by atoms with van der Waals surface area (Å²) in [6.07, 6.45) is 1.55. The summed E-state index contributed by atoms with van der Waals surface area (Å²) in [6, 6.07) is 13.2. The Hall–Kier alpha value is -3.06. The highest BCUT2D eigenvalue weighted by Crippen LogP contribution is 2.22. The van der Waals surface area contributed by atoms with Crippen molar-refractivity contribution in [2.75, 3.05) is 0 Å². The van der Waals surface area contributed by atoms with Gasteiger partial charge in [0.05, 0.1) is 16.8 Å². The van der Waals surface area contributed by atoms with E-state index in [2.05, 4.69) is 41.3 Å². The summed E-state index contributed by atoms with van der Waals surface area (Å²) < 4.78 is 0. The van der Waals surface area contributed by atoms with E-state index in [0.717, 1.165) is 10.4 Å². The van der Waals surface area contributed by atoms with Gasteiger partial charge in [-0.3, -0.25) is 4.79 Å². The number of benzene rings is 1. The van der Waals surface area contributed by atoms with E-state index in [1.165, 1.54) is 23.0 Å². The molecule has 0 spiro atoms. The molecule has 0 bridgehead atoms. The molecule has 0 saturated heterocycles. The molecule has 0 aliphatic rings. The molecule has 0 saturated carbocycles. The third-order valence-electron chi connectivity index (χ3n) is 3.92. The normalized spacial score (nSPS) is 11.7. The number of nitrogens with one attached hydrogen (secondary N) is 2. The van der Waals surface area contributed by atoms with Crippen molar-refractivity contribution in [1.29, 1.82) is 0 Å². The summed E-state index contributed by atoms with van der Waals surface area (Å²) in [5, 5.41) is 5.85. The van der Waals surface area contributed by atoms with Crippen LogP contribution >= 0.6 is 11.3 Å². The average molecular weight is 380 g/mol.